The zero-order chi connectivity index (χ0) is 14.7. The Morgan fingerprint density at radius 3 is 2.57 bits per heavy atom. The highest BCUT2D eigenvalue weighted by atomic mass is 16.2. The summed E-state index contributed by atoms with van der Waals surface area (Å²) >= 11 is 0. The number of amides is 2. The second-order valence-electron chi connectivity index (χ2n) is 6.09. The van der Waals surface area contributed by atoms with E-state index in [-0.39, 0.29) is 17.9 Å². The predicted molar refractivity (Wildman–Crippen MR) is 81.9 cm³/mol. The standard InChI is InChI=1S/C17H22N2O2/c20-16(12-13-6-4-5-7-13)18-15-10-11-19(17(15)21)14-8-2-1-3-9-14/h1-3,8-9,13,15H,4-7,10-12H2,(H,18,20). The van der Waals surface area contributed by atoms with Crippen LogP contribution < -0.4 is 10.2 Å². The van der Waals surface area contributed by atoms with Gasteiger partial charge in [-0.2, -0.15) is 0 Å². The maximum atomic E-state index is 12.4. The van der Waals surface area contributed by atoms with Crippen LogP contribution in [0.5, 0.6) is 0 Å². The average molecular weight is 286 g/mol. The smallest absolute Gasteiger partial charge is 0.249 e. The monoisotopic (exact) mass is 286 g/mol. The first-order valence-electron chi connectivity index (χ1n) is 7.90. The van der Waals surface area contributed by atoms with E-state index in [0.29, 0.717) is 25.3 Å². The lowest BCUT2D eigenvalue weighted by atomic mass is 10.0. The van der Waals surface area contributed by atoms with E-state index in [4.69, 9.17) is 0 Å². The van der Waals surface area contributed by atoms with Gasteiger partial charge in [-0.3, -0.25) is 9.59 Å². The molecule has 0 aromatic heterocycles. The zero-order valence-corrected chi connectivity index (χ0v) is 12.3. The van der Waals surface area contributed by atoms with Crippen molar-refractivity contribution in [3.8, 4) is 0 Å². The van der Waals surface area contributed by atoms with Gasteiger partial charge < -0.3 is 10.2 Å². The topological polar surface area (TPSA) is 49.4 Å². The van der Waals surface area contributed by atoms with Crippen molar-refractivity contribution in [3.05, 3.63) is 30.3 Å². The van der Waals surface area contributed by atoms with Crippen LogP contribution in [0.3, 0.4) is 0 Å². The fraction of sp³-hybridized carbons (Fsp3) is 0.529. The molecule has 0 bridgehead atoms. The molecule has 1 saturated heterocycles. The van der Waals surface area contributed by atoms with Crippen molar-refractivity contribution < 1.29 is 9.59 Å². The minimum atomic E-state index is -0.348. The molecule has 0 radical (unpaired) electrons. The van der Waals surface area contributed by atoms with Gasteiger partial charge in [0.2, 0.25) is 11.8 Å². The lowest BCUT2D eigenvalue weighted by Crippen LogP contribution is -2.42. The Morgan fingerprint density at radius 2 is 1.86 bits per heavy atom. The summed E-state index contributed by atoms with van der Waals surface area (Å²) < 4.78 is 0. The van der Waals surface area contributed by atoms with Gasteiger partial charge in [0.15, 0.2) is 0 Å². The fourth-order valence-corrected chi connectivity index (χ4v) is 3.41. The number of hydrogen-bond donors (Lipinski definition) is 1. The maximum Gasteiger partial charge on any atom is 0.249 e. The number of nitrogens with one attached hydrogen (secondary N) is 1. The summed E-state index contributed by atoms with van der Waals surface area (Å²) in [6.07, 6.45) is 6.06. The summed E-state index contributed by atoms with van der Waals surface area (Å²) in [7, 11) is 0. The fourth-order valence-electron chi connectivity index (χ4n) is 3.41. The molecule has 1 atom stereocenters. The summed E-state index contributed by atoms with van der Waals surface area (Å²) in [5.41, 5.74) is 0.912. The molecule has 21 heavy (non-hydrogen) atoms. The third-order valence-electron chi connectivity index (χ3n) is 4.56. The third kappa shape index (κ3) is 3.26. The number of anilines is 1. The van der Waals surface area contributed by atoms with Gasteiger partial charge in [-0.05, 0) is 37.3 Å². The SMILES string of the molecule is O=C(CC1CCCC1)NC1CCN(c2ccccc2)C1=O. The molecular formula is C17H22N2O2. The van der Waals surface area contributed by atoms with Crippen molar-refractivity contribution in [2.24, 2.45) is 5.92 Å². The van der Waals surface area contributed by atoms with Crippen LogP contribution >= 0.6 is 0 Å². The van der Waals surface area contributed by atoms with Crippen LogP contribution in [-0.2, 0) is 9.59 Å². The molecule has 2 amide bonds. The lowest BCUT2D eigenvalue weighted by molar-refractivity contribution is -0.127. The van der Waals surface area contributed by atoms with Crippen molar-refractivity contribution in [2.45, 2.75) is 44.6 Å². The van der Waals surface area contributed by atoms with E-state index in [0.717, 1.165) is 18.5 Å². The minimum absolute atomic E-state index is 0.0148. The molecule has 1 unspecified atom stereocenters. The first-order valence-corrected chi connectivity index (χ1v) is 7.90. The predicted octanol–water partition coefficient (Wildman–Crippen LogP) is 2.49. The molecule has 2 aliphatic rings. The second kappa shape index (κ2) is 6.29. The van der Waals surface area contributed by atoms with Crippen LogP contribution in [0.4, 0.5) is 5.69 Å². The molecule has 1 aromatic rings. The van der Waals surface area contributed by atoms with Crippen LogP contribution in [-0.4, -0.2) is 24.4 Å². The van der Waals surface area contributed by atoms with Gasteiger partial charge in [0.1, 0.15) is 6.04 Å². The highest BCUT2D eigenvalue weighted by molar-refractivity contribution is 6.01. The van der Waals surface area contributed by atoms with E-state index in [2.05, 4.69) is 5.32 Å². The highest BCUT2D eigenvalue weighted by Gasteiger charge is 2.33. The number of carbonyl (C=O) groups excluding carboxylic acids is 2. The number of carbonyl (C=O) groups is 2. The molecule has 4 heteroatoms. The summed E-state index contributed by atoms with van der Waals surface area (Å²) in [6, 6.07) is 9.30. The van der Waals surface area contributed by atoms with Crippen LogP contribution in [0.15, 0.2) is 30.3 Å². The highest BCUT2D eigenvalue weighted by Crippen LogP contribution is 2.27. The number of para-hydroxylation sites is 1. The van der Waals surface area contributed by atoms with Crippen molar-refractivity contribution in [1.29, 1.82) is 0 Å². The molecule has 2 fully saturated rings. The second-order valence-corrected chi connectivity index (χ2v) is 6.09. The Morgan fingerprint density at radius 1 is 1.14 bits per heavy atom. The number of nitrogens with zero attached hydrogens (tertiary/aromatic N) is 1. The number of hydrogen-bond acceptors (Lipinski definition) is 2. The van der Waals surface area contributed by atoms with Gasteiger partial charge >= 0.3 is 0 Å². The molecular weight excluding hydrogens is 264 g/mol. The van der Waals surface area contributed by atoms with E-state index in [1.54, 1.807) is 4.90 Å². The van der Waals surface area contributed by atoms with Crippen LogP contribution in [0, 0.1) is 5.92 Å². The normalized spacial score (nSPS) is 22.8. The van der Waals surface area contributed by atoms with E-state index < -0.39 is 0 Å². The maximum absolute atomic E-state index is 12.4. The van der Waals surface area contributed by atoms with Gasteiger partial charge in [-0.25, -0.2) is 0 Å². The van der Waals surface area contributed by atoms with Crippen LogP contribution in [0.25, 0.3) is 0 Å². The molecule has 112 valence electrons. The molecule has 1 aromatic carbocycles. The molecule has 3 rings (SSSR count). The first-order chi connectivity index (χ1) is 10.2. The molecule has 1 aliphatic carbocycles. The van der Waals surface area contributed by atoms with Gasteiger partial charge in [0.05, 0.1) is 0 Å². The molecule has 1 aliphatic heterocycles. The third-order valence-corrected chi connectivity index (χ3v) is 4.56. The molecule has 0 spiro atoms. The molecule has 4 nitrogen and oxygen atoms in total. The van der Waals surface area contributed by atoms with Crippen LogP contribution in [0.2, 0.25) is 0 Å². The first kappa shape index (κ1) is 14.1. The Kier molecular flexibility index (Phi) is 4.23. The van der Waals surface area contributed by atoms with E-state index >= 15 is 0 Å². The zero-order valence-electron chi connectivity index (χ0n) is 12.3. The van der Waals surface area contributed by atoms with E-state index in [9.17, 15) is 9.59 Å². The summed E-state index contributed by atoms with van der Waals surface area (Å²) in [4.78, 5) is 26.2. The van der Waals surface area contributed by atoms with Gasteiger partial charge in [-0.1, -0.05) is 31.0 Å². The van der Waals surface area contributed by atoms with E-state index in [1.807, 2.05) is 30.3 Å². The van der Waals surface area contributed by atoms with Crippen molar-refractivity contribution >= 4 is 17.5 Å². The van der Waals surface area contributed by atoms with Crippen molar-refractivity contribution in [3.63, 3.8) is 0 Å². The number of benzene rings is 1. The van der Waals surface area contributed by atoms with Crippen molar-refractivity contribution in [1.82, 2.24) is 5.32 Å². The van der Waals surface area contributed by atoms with Gasteiger partial charge in [0, 0.05) is 18.7 Å². The average Bonchev–Trinajstić information content (AvgIpc) is 3.11. The molecule has 1 heterocycles. The Bertz CT molecular complexity index is 509. The largest absolute Gasteiger partial charge is 0.344 e. The quantitative estimate of drug-likeness (QED) is 0.924. The molecule has 1 saturated carbocycles. The lowest BCUT2D eigenvalue weighted by Gasteiger charge is -2.17. The van der Waals surface area contributed by atoms with E-state index in [1.165, 1.54) is 12.8 Å². The minimum Gasteiger partial charge on any atom is -0.344 e. The summed E-state index contributed by atoms with van der Waals surface area (Å²) in [5.74, 6) is 0.572. The Labute approximate surface area is 125 Å². The summed E-state index contributed by atoms with van der Waals surface area (Å²) in [5, 5.41) is 2.93. The number of rotatable bonds is 4. The van der Waals surface area contributed by atoms with Crippen LogP contribution in [0.1, 0.15) is 38.5 Å². The summed E-state index contributed by atoms with van der Waals surface area (Å²) in [6.45, 7) is 0.678. The Balaban J connectivity index is 1.55. The van der Waals surface area contributed by atoms with Gasteiger partial charge in [-0.15, -0.1) is 0 Å². The molecule has 1 N–H and O–H groups in total. The Hall–Kier alpha value is -1.84. The van der Waals surface area contributed by atoms with Gasteiger partial charge in [0.25, 0.3) is 0 Å². The van der Waals surface area contributed by atoms with Crippen molar-refractivity contribution in [2.75, 3.05) is 11.4 Å².